The minimum Gasteiger partial charge on any atom is -0.0786 e. The van der Waals surface area contributed by atoms with Gasteiger partial charge in [-0.2, -0.15) is 0 Å². The molecule has 2 aromatic carbocycles. The molecular weight excluding hydrogens is 284 g/mol. The molecule has 0 aromatic heterocycles. The smallest absolute Gasteiger partial charge is 0.0647 e. The summed E-state index contributed by atoms with van der Waals surface area (Å²) in [4.78, 5) is 0.275. The van der Waals surface area contributed by atoms with Crippen LogP contribution in [0.1, 0.15) is 38.2 Å². The number of hydrogen-bond donors (Lipinski definition) is 0. The third-order valence-electron chi connectivity index (χ3n) is 3.74. The molecule has 0 aliphatic heterocycles. The van der Waals surface area contributed by atoms with Crippen LogP contribution in [0.25, 0.3) is 0 Å². The van der Waals surface area contributed by atoms with Crippen molar-refractivity contribution >= 4 is 15.9 Å². The summed E-state index contributed by atoms with van der Waals surface area (Å²) in [5.41, 5.74) is 8.10. The van der Waals surface area contributed by atoms with Crippen LogP contribution in [0.4, 0.5) is 0 Å². The Balaban J connectivity index is 2.44. The summed E-state index contributed by atoms with van der Waals surface area (Å²) in [6.07, 6.45) is 0. The molecule has 0 nitrogen and oxygen atoms in total. The molecule has 0 aliphatic rings. The predicted molar refractivity (Wildman–Crippen MR) is 82.6 cm³/mol. The van der Waals surface area contributed by atoms with Gasteiger partial charge in [0.2, 0.25) is 0 Å². The highest BCUT2D eigenvalue weighted by Gasteiger charge is 2.13. The van der Waals surface area contributed by atoms with Crippen molar-refractivity contribution in [3.05, 3.63) is 69.8 Å². The second-order valence-corrected chi connectivity index (χ2v) is 5.91. The Hall–Kier alpha value is -1.08. The van der Waals surface area contributed by atoms with E-state index in [0.717, 1.165) is 0 Å². The molecule has 18 heavy (non-hydrogen) atoms. The van der Waals surface area contributed by atoms with Gasteiger partial charge in [-0.05, 0) is 61.1 Å². The minimum atomic E-state index is 0.275. The molecule has 1 unspecified atom stereocenters. The van der Waals surface area contributed by atoms with Crippen LogP contribution < -0.4 is 0 Å². The van der Waals surface area contributed by atoms with Crippen LogP contribution in [0.2, 0.25) is 0 Å². The second kappa shape index (κ2) is 5.27. The zero-order valence-corrected chi connectivity index (χ0v) is 13.0. The fourth-order valence-corrected chi connectivity index (χ4v) is 2.93. The van der Waals surface area contributed by atoms with Crippen LogP contribution in [0.5, 0.6) is 0 Å². The fourth-order valence-electron chi connectivity index (χ4n) is 2.15. The van der Waals surface area contributed by atoms with Crippen LogP contribution in [0.3, 0.4) is 0 Å². The lowest BCUT2D eigenvalue weighted by molar-refractivity contribution is 1.11. The first kappa shape index (κ1) is 13.4. The number of aryl methyl sites for hydroxylation is 3. The van der Waals surface area contributed by atoms with Crippen molar-refractivity contribution in [2.24, 2.45) is 0 Å². The summed E-state index contributed by atoms with van der Waals surface area (Å²) in [6, 6.07) is 13.2. The normalized spacial score (nSPS) is 12.5. The van der Waals surface area contributed by atoms with Crippen LogP contribution in [0, 0.1) is 27.7 Å². The summed E-state index contributed by atoms with van der Waals surface area (Å²) in [6.45, 7) is 8.68. The Labute approximate surface area is 118 Å². The lowest BCUT2D eigenvalue weighted by Crippen LogP contribution is -1.98. The monoisotopic (exact) mass is 302 g/mol. The van der Waals surface area contributed by atoms with Crippen molar-refractivity contribution < 1.29 is 0 Å². The van der Waals surface area contributed by atoms with Gasteiger partial charge >= 0.3 is 0 Å². The van der Waals surface area contributed by atoms with E-state index >= 15 is 0 Å². The third kappa shape index (κ3) is 2.51. The molecule has 0 spiro atoms. The van der Waals surface area contributed by atoms with E-state index < -0.39 is 0 Å². The average Bonchev–Trinajstić information content (AvgIpc) is 2.35. The largest absolute Gasteiger partial charge is 0.0786 e. The van der Waals surface area contributed by atoms with Gasteiger partial charge in [-0.25, -0.2) is 0 Å². The fraction of sp³-hybridized carbons (Fsp3) is 0.294. The van der Waals surface area contributed by atoms with Crippen LogP contribution in [-0.4, -0.2) is 0 Å². The lowest BCUT2D eigenvalue weighted by atomic mass is 9.95. The lowest BCUT2D eigenvalue weighted by Gasteiger charge is -2.16. The van der Waals surface area contributed by atoms with E-state index in [9.17, 15) is 0 Å². The molecule has 94 valence electrons. The first-order valence-corrected chi connectivity index (χ1v) is 7.19. The van der Waals surface area contributed by atoms with Gasteiger partial charge in [0.25, 0.3) is 0 Å². The maximum absolute atomic E-state index is 3.84. The molecule has 0 bridgehead atoms. The van der Waals surface area contributed by atoms with Crippen molar-refractivity contribution in [3.63, 3.8) is 0 Å². The molecule has 0 amide bonds. The van der Waals surface area contributed by atoms with E-state index in [0.29, 0.717) is 0 Å². The van der Waals surface area contributed by atoms with Crippen LogP contribution in [0.15, 0.2) is 36.4 Å². The summed E-state index contributed by atoms with van der Waals surface area (Å²) in [5, 5.41) is 0. The molecule has 0 saturated carbocycles. The highest BCUT2D eigenvalue weighted by atomic mass is 79.9. The van der Waals surface area contributed by atoms with Crippen LogP contribution in [-0.2, 0) is 0 Å². The number of benzene rings is 2. The Bertz CT molecular complexity index is 570. The zero-order valence-electron chi connectivity index (χ0n) is 11.4. The van der Waals surface area contributed by atoms with Gasteiger partial charge in [0, 0.05) is 0 Å². The molecule has 2 aromatic rings. The van der Waals surface area contributed by atoms with E-state index in [1.54, 1.807) is 0 Å². The summed E-state index contributed by atoms with van der Waals surface area (Å²) >= 11 is 3.84. The van der Waals surface area contributed by atoms with E-state index in [1.807, 2.05) is 0 Å². The Morgan fingerprint density at radius 2 is 1.56 bits per heavy atom. The summed E-state index contributed by atoms with van der Waals surface area (Å²) < 4.78 is 0. The van der Waals surface area contributed by atoms with Gasteiger partial charge < -0.3 is 0 Å². The predicted octanol–water partition coefficient (Wildman–Crippen LogP) is 5.40. The second-order valence-electron chi connectivity index (χ2n) is 5.00. The van der Waals surface area contributed by atoms with Gasteiger partial charge in [-0.15, -0.1) is 0 Å². The SMILES string of the molecule is Cc1ccc(C(Br)c2cccc(C)c2C)cc1C. The van der Waals surface area contributed by atoms with Gasteiger partial charge in [-0.1, -0.05) is 52.3 Å². The third-order valence-corrected chi connectivity index (χ3v) is 4.77. The summed E-state index contributed by atoms with van der Waals surface area (Å²) in [7, 11) is 0. The van der Waals surface area contributed by atoms with Gasteiger partial charge in [0.15, 0.2) is 0 Å². The molecule has 0 aliphatic carbocycles. The molecular formula is C17H19Br. The average molecular weight is 303 g/mol. The molecule has 1 heteroatoms. The van der Waals surface area contributed by atoms with E-state index in [1.165, 1.54) is 33.4 Å². The molecule has 2 rings (SSSR count). The molecule has 0 fully saturated rings. The van der Waals surface area contributed by atoms with E-state index in [2.05, 4.69) is 80.0 Å². The van der Waals surface area contributed by atoms with E-state index in [4.69, 9.17) is 0 Å². The number of hydrogen-bond acceptors (Lipinski definition) is 0. The van der Waals surface area contributed by atoms with E-state index in [-0.39, 0.29) is 4.83 Å². The standard InChI is InChI=1S/C17H19Br/c1-11-8-9-15(10-13(11)3)17(18)16-7-5-6-12(2)14(16)4/h5-10,17H,1-4H3. The topological polar surface area (TPSA) is 0 Å². The molecule has 0 N–H and O–H groups in total. The minimum absolute atomic E-state index is 0.275. The van der Waals surface area contributed by atoms with Crippen molar-refractivity contribution in [2.75, 3.05) is 0 Å². The highest BCUT2D eigenvalue weighted by molar-refractivity contribution is 9.09. The number of halogens is 1. The maximum atomic E-state index is 3.84. The van der Waals surface area contributed by atoms with Crippen LogP contribution >= 0.6 is 15.9 Å². The molecule has 1 atom stereocenters. The zero-order chi connectivity index (χ0) is 13.3. The molecule has 0 heterocycles. The first-order chi connectivity index (χ1) is 8.50. The van der Waals surface area contributed by atoms with Crippen molar-refractivity contribution in [2.45, 2.75) is 32.5 Å². The van der Waals surface area contributed by atoms with Gasteiger partial charge in [0.05, 0.1) is 4.83 Å². The number of alkyl halides is 1. The Morgan fingerprint density at radius 1 is 0.833 bits per heavy atom. The van der Waals surface area contributed by atoms with Crippen molar-refractivity contribution in [1.29, 1.82) is 0 Å². The molecule has 0 saturated heterocycles. The maximum Gasteiger partial charge on any atom is 0.0647 e. The van der Waals surface area contributed by atoms with Gasteiger partial charge in [0.1, 0.15) is 0 Å². The summed E-state index contributed by atoms with van der Waals surface area (Å²) in [5.74, 6) is 0. The number of rotatable bonds is 2. The van der Waals surface area contributed by atoms with Crippen molar-refractivity contribution in [1.82, 2.24) is 0 Å². The highest BCUT2D eigenvalue weighted by Crippen LogP contribution is 2.34. The quantitative estimate of drug-likeness (QED) is 0.651. The Morgan fingerprint density at radius 3 is 2.22 bits per heavy atom. The van der Waals surface area contributed by atoms with Crippen molar-refractivity contribution in [3.8, 4) is 0 Å². The first-order valence-electron chi connectivity index (χ1n) is 6.28. The Kier molecular flexibility index (Phi) is 3.91. The van der Waals surface area contributed by atoms with Gasteiger partial charge in [-0.3, -0.25) is 0 Å². The molecule has 0 radical (unpaired) electrons.